The first kappa shape index (κ1) is 12.2. The van der Waals surface area contributed by atoms with Crippen molar-refractivity contribution in [1.82, 2.24) is 0 Å². The summed E-state index contributed by atoms with van der Waals surface area (Å²) < 4.78 is 23.3. The Kier molecular flexibility index (Phi) is 2.78. The average Bonchev–Trinajstić information content (AvgIpc) is 2.87. The Morgan fingerprint density at radius 3 is 2.47 bits per heavy atom. The maximum Gasteiger partial charge on any atom is 0.261 e. The van der Waals surface area contributed by atoms with Gasteiger partial charge in [-0.25, -0.2) is 8.42 Å². The average molecular weight is 275 g/mol. The van der Waals surface area contributed by atoms with E-state index in [1.807, 2.05) is 0 Å². The van der Waals surface area contributed by atoms with Crippen LogP contribution in [0.15, 0.2) is 4.90 Å². The number of hydrogen-bond donors (Lipinski definition) is 3. The third-order valence-corrected chi connectivity index (χ3v) is 4.85. The summed E-state index contributed by atoms with van der Waals surface area (Å²) in [6, 6.07) is 0.272. The molecule has 0 radical (unpaired) electrons. The molecule has 94 valence electrons. The van der Waals surface area contributed by atoms with Gasteiger partial charge in [0.2, 0.25) is 0 Å². The van der Waals surface area contributed by atoms with Gasteiger partial charge in [-0.2, -0.15) is 0 Å². The molecule has 0 aliphatic heterocycles. The van der Waals surface area contributed by atoms with Crippen molar-refractivity contribution >= 4 is 37.8 Å². The van der Waals surface area contributed by atoms with Gasteiger partial charge in [-0.05, 0) is 12.8 Å². The van der Waals surface area contributed by atoms with Crippen molar-refractivity contribution in [2.45, 2.75) is 23.8 Å². The van der Waals surface area contributed by atoms with Gasteiger partial charge in [0.15, 0.2) is 9.84 Å². The lowest BCUT2D eigenvalue weighted by atomic mass is 10.4. The van der Waals surface area contributed by atoms with Gasteiger partial charge in [0, 0.05) is 12.3 Å². The standard InChI is InChI=1S/C9H13N3O3S2/c1-17(14,15)7-5(10)6(8(11)13)16-9(7)12-4-2-3-4/h4,12H,2-3,10H2,1H3,(H2,11,13). The molecule has 1 aliphatic carbocycles. The molecule has 8 heteroatoms. The second-order valence-electron chi connectivity index (χ2n) is 4.06. The highest BCUT2D eigenvalue weighted by molar-refractivity contribution is 7.91. The number of rotatable bonds is 4. The van der Waals surface area contributed by atoms with Crippen LogP contribution in [0.3, 0.4) is 0 Å². The SMILES string of the molecule is CS(=O)(=O)c1c(NC2CC2)sc(C(N)=O)c1N. The molecule has 1 heterocycles. The predicted octanol–water partition coefficient (Wildman–Crippen LogP) is 0.407. The van der Waals surface area contributed by atoms with E-state index in [0.29, 0.717) is 5.00 Å². The summed E-state index contributed by atoms with van der Waals surface area (Å²) in [7, 11) is -3.48. The largest absolute Gasteiger partial charge is 0.396 e. The highest BCUT2D eigenvalue weighted by Crippen LogP contribution is 2.41. The Bertz CT molecular complexity index is 573. The zero-order chi connectivity index (χ0) is 12.8. The van der Waals surface area contributed by atoms with Crippen molar-refractivity contribution in [2.75, 3.05) is 17.3 Å². The van der Waals surface area contributed by atoms with E-state index in [1.165, 1.54) is 0 Å². The lowest BCUT2D eigenvalue weighted by Crippen LogP contribution is -2.12. The van der Waals surface area contributed by atoms with Gasteiger partial charge >= 0.3 is 0 Å². The number of nitrogens with one attached hydrogen (secondary N) is 1. The smallest absolute Gasteiger partial charge is 0.261 e. The van der Waals surface area contributed by atoms with E-state index >= 15 is 0 Å². The normalized spacial score (nSPS) is 15.8. The first-order chi connectivity index (χ1) is 7.80. The van der Waals surface area contributed by atoms with Crippen LogP contribution in [0.5, 0.6) is 0 Å². The number of anilines is 2. The Morgan fingerprint density at radius 2 is 2.06 bits per heavy atom. The van der Waals surface area contributed by atoms with Crippen molar-refractivity contribution in [2.24, 2.45) is 5.73 Å². The highest BCUT2D eigenvalue weighted by Gasteiger charge is 2.30. The molecule has 1 aliphatic rings. The van der Waals surface area contributed by atoms with Gasteiger partial charge in [0.1, 0.15) is 14.8 Å². The lowest BCUT2D eigenvalue weighted by Gasteiger charge is -2.04. The molecule has 0 saturated heterocycles. The van der Waals surface area contributed by atoms with Crippen molar-refractivity contribution in [3.05, 3.63) is 4.88 Å². The van der Waals surface area contributed by atoms with Gasteiger partial charge in [-0.3, -0.25) is 4.79 Å². The maximum absolute atomic E-state index is 11.6. The fraction of sp³-hybridized carbons (Fsp3) is 0.444. The molecule has 0 atom stereocenters. The maximum atomic E-state index is 11.6. The second kappa shape index (κ2) is 3.88. The Hall–Kier alpha value is -1.28. The zero-order valence-electron chi connectivity index (χ0n) is 9.19. The van der Waals surface area contributed by atoms with Gasteiger partial charge in [0.25, 0.3) is 5.91 Å². The molecule has 5 N–H and O–H groups in total. The first-order valence-corrected chi connectivity index (χ1v) is 7.70. The van der Waals surface area contributed by atoms with Crippen LogP contribution in [0.2, 0.25) is 0 Å². The van der Waals surface area contributed by atoms with Crippen LogP contribution in [-0.4, -0.2) is 26.6 Å². The minimum atomic E-state index is -3.48. The van der Waals surface area contributed by atoms with E-state index in [4.69, 9.17) is 11.5 Å². The number of thiophene rings is 1. The minimum Gasteiger partial charge on any atom is -0.396 e. The van der Waals surface area contributed by atoms with Crippen molar-refractivity contribution in [1.29, 1.82) is 0 Å². The van der Waals surface area contributed by atoms with Gasteiger partial charge in [0.05, 0.1) is 5.69 Å². The molecule has 0 spiro atoms. The molecule has 0 bridgehead atoms. The highest BCUT2D eigenvalue weighted by atomic mass is 32.2. The van der Waals surface area contributed by atoms with Crippen LogP contribution >= 0.6 is 11.3 Å². The number of nitrogen functional groups attached to an aromatic ring is 1. The predicted molar refractivity (Wildman–Crippen MR) is 67.0 cm³/mol. The number of nitrogens with two attached hydrogens (primary N) is 2. The number of sulfone groups is 1. The molecule has 1 amide bonds. The summed E-state index contributed by atoms with van der Waals surface area (Å²) >= 11 is 1.000. The summed E-state index contributed by atoms with van der Waals surface area (Å²) in [6.07, 6.45) is 3.05. The van der Waals surface area contributed by atoms with Crippen LogP contribution < -0.4 is 16.8 Å². The summed E-state index contributed by atoms with van der Waals surface area (Å²) in [5, 5.41) is 3.48. The Morgan fingerprint density at radius 1 is 1.47 bits per heavy atom. The number of carbonyl (C=O) groups excluding carboxylic acids is 1. The fourth-order valence-electron chi connectivity index (χ4n) is 1.49. The third kappa shape index (κ3) is 2.37. The number of hydrogen-bond acceptors (Lipinski definition) is 6. The van der Waals surface area contributed by atoms with E-state index in [2.05, 4.69) is 5.32 Å². The molecular formula is C9H13N3O3S2. The molecule has 1 saturated carbocycles. The molecule has 1 fully saturated rings. The molecule has 0 aromatic carbocycles. The quantitative estimate of drug-likeness (QED) is 0.736. The molecular weight excluding hydrogens is 262 g/mol. The van der Waals surface area contributed by atoms with E-state index in [1.54, 1.807) is 0 Å². The first-order valence-electron chi connectivity index (χ1n) is 4.99. The molecule has 1 aromatic heterocycles. The van der Waals surface area contributed by atoms with Gasteiger partial charge < -0.3 is 16.8 Å². The number of amides is 1. The summed E-state index contributed by atoms with van der Waals surface area (Å²) in [5.74, 6) is -0.707. The van der Waals surface area contributed by atoms with Crippen LogP contribution in [-0.2, 0) is 9.84 Å². The van der Waals surface area contributed by atoms with E-state index in [-0.39, 0.29) is 21.5 Å². The molecule has 0 unspecified atom stereocenters. The zero-order valence-corrected chi connectivity index (χ0v) is 10.8. The van der Waals surface area contributed by atoms with E-state index in [9.17, 15) is 13.2 Å². The molecule has 6 nitrogen and oxygen atoms in total. The second-order valence-corrected chi connectivity index (χ2v) is 7.03. The molecule has 17 heavy (non-hydrogen) atoms. The molecule has 1 aromatic rings. The van der Waals surface area contributed by atoms with Crippen LogP contribution in [0.25, 0.3) is 0 Å². The van der Waals surface area contributed by atoms with Crippen LogP contribution in [0.1, 0.15) is 22.5 Å². The van der Waals surface area contributed by atoms with Crippen molar-refractivity contribution in [3.8, 4) is 0 Å². The van der Waals surface area contributed by atoms with Crippen molar-refractivity contribution < 1.29 is 13.2 Å². The number of primary amides is 1. The minimum absolute atomic E-state index is 0.0109. The monoisotopic (exact) mass is 275 g/mol. The summed E-state index contributed by atoms with van der Waals surface area (Å²) in [4.78, 5) is 11.2. The molecule has 2 rings (SSSR count). The third-order valence-electron chi connectivity index (χ3n) is 2.41. The van der Waals surface area contributed by atoms with E-state index < -0.39 is 15.7 Å². The van der Waals surface area contributed by atoms with Gasteiger partial charge in [-0.15, -0.1) is 11.3 Å². The summed E-state index contributed by atoms with van der Waals surface area (Å²) in [5.41, 5.74) is 10.8. The van der Waals surface area contributed by atoms with Crippen LogP contribution in [0, 0.1) is 0 Å². The number of carbonyl (C=O) groups is 1. The topological polar surface area (TPSA) is 115 Å². The Labute approximate surface area is 103 Å². The van der Waals surface area contributed by atoms with Crippen molar-refractivity contribution in [3.63, 3.8) is 0 Å². The van der Waals surface area contributed by atoms with Crippen LogP contribution in [0.4, 0.5) is 10.7 Å². The summed E-state index contributed by atoms with van der Waals surface area (Å²) in [6.45, 7) is 0. The lowest BCUT2D eigenvalue weighted by molar-refractivity contribution is 0.100. The fourth-order valence-corrected chi connectivity index (χ4v) is 3.97. The Balaban J connectivity index is 2.55. The van der Waals surface area contributed by atoms with Gasteiger partial charge in [-0.1, -0.05) is 0 Å². The van der Waals surface area contributed by atoms with E-state index in [0.717, 1.165) is 30.4 Å².